The molecule has 0 aromatic heterocycles. The van der Waals surface area contributed by atoms with Crippen molar-refractivity contribution in [3.05, 3.63) is 35.9 Å². The van der Waals surface area contributed by atoms with Crippen LogP contribution in [0.1, 0.15) is 18.4 Å². The highest BCUT2D eigenvalue weighted by atomic mass is 16.5. The van der Waals surface area contributed by atoms with E-state index in [-0.39, 0.29) is 12.0 Å². The van der Waals surface area contributed by atoms with Gasteiger partial charge in [0.2, 0.25) is 5.91 Å². The van der Waals surface area contributed by atoms with E-state index in [0.29, 0.717) is 13.0 Å². The Morgan fingerprint density at radius 1 is 1.47 bits per heavy atom. The summed E-state index contributed by atoms with van der Waals surface area (Å²) in [5.74, 6) is 0.0330. The molecule has 1 amide bonds. The van der Waals surface area contributed by atoms with Crippen LogP contribution in [0.2, 0.25) is 0 Å². The van der Waals surface area contributed by atoms with Gasteiger partial charge in [0.05, 0.1) is 12.1 Å². The molecule has 0 bridgehead atoms. The molecule has 0 radical (unpaired) electrons. The van der Waals surface area contributed by atoms with Gasteiger partial charge in [-0.2, -0.15) is 0 Å². The number of hydrogen-bond acceptors (Lipinski definition) is 3. The summed E-state index contributed by atoms with van der Waals surface area (Å²) in [7, 11) is 1.70. The van der Waals surface area contributed by atoms with Gasteiger partial charge < -0.3 is 15.4 Å². The van der Waals surface area contributed by atoms with Crippen LogP contribution in [0, 0.1) is 0 Å². The molecule has 1 heterocycles. The molecule has 1 aromatic carbocycles. The second kappa shape index (κ2) is 6.68. The number of nitrogens with zero attached hydrogens (tertiary/aromatic N) is 1. The standard InChI is InChI=1S/C15H22N2O2/c1-19-13-8-5-9-17(11-13)15(18)14(16)10-12-6-3-2-4-7-12/h2-4,6-7,13-14H,5,8-11,16H2,1H3. The fourth-order valence-corrected chi connectivity index (χ4v) is 2.52. The smallest absolute Gasteiger partial charge is 0.239 e. The van der Waals surface area contributed by atoms with Crippen LogP contribution in [0.5, 0.6) is 0 Å². The number of methoxy groups -OCH3 is 1. The lowest BCUT2D eigenvalue weighted by Crippen LogP contribution is -2.50. The highest BCUT2D eigenvalue weighted by Gasteiger charge is 2.26. The first kappa shape index (κ1) is 14.0. The van der Waals surface area contributed by atoms with E-state index in [9.17, 15) is 4.79 Å². The first-order valence-corrected chi connectivity index (χ1v) is 6.82. The lowest BCUT2D eigenvalue weighted by atomic mass is 10.0. The van der Waals surface area contributed by atoms with E-state index in [0.717, 1.165) is 24.9 Å². The summed E-state index contributed by atoms with van der Waals surface area (Å²) in [4.78, 5) is 14.1. The minimum atomic E-state index is -0.460. The van der Waals surface area contributed by atoms with E-state index in [1.807, 2.05) is 35.2 Å². The van der Waals surface area contributed by atoms with Gasteiger partial charge in [-0.25, -0.2) is 0 Å². The van der Waals surface area contributed by atoms with Crippen LogP contribution in [-0.2, 0) is 16.0 Å². The van der Waals surface area contributed by atoms with Crippen molar-refractivity contribution >= 4 is 5.91 Å². The van der Waals surface area contributed by atoms with E-state index in [2.05, 4.69) is 0 Å². The Hall–Kier alpha value is -1.39. The third kappa shape index (κ3) is 3.78. The molecule has 1 aromatic rings. The fourth-order valence-electron chi connectivity index (χ4n) is 2.52. The lowest BCUT2D eigenvalue weighted by Gasteiger charge is -2.33. The predicted octanol–water partition coefficient (Wildman–Crippen LogP) is 1.19. The molecule has 1 aliphatic heterocycles. The Morgan fingerprint density at radius 3 is 2.89 bits per heavy atom. The number of carbonyl (C=O) groups excluding carboxylic acids is 1. The molecular formula is C15H22N2O2. The number of nitrogens with two attached hydrogens (primary N) is 1. The summed E-state index contributed by atoms with van der Waals surface area (Å²) in [6.07, 6.45) is 2.76. The molecule has 0 saturated carbocycles. The van der Waals surface area contributed by atoms with Crippen molar-refractivity contribution in [2.24, 2.45) is 5.73 Å². The number of ether oxygens (including phenoxy) is 1. The van der Waals surface area contributed by atoms with E-state index in [1.165, 1.54) is 0 Å². The number of carbonyl (C=O) groups is 1. The third-order valence-corrected chi connectivity index (χ3v) is 3.64. The van der Waals surface area contributed by atoms with Gasteiger partial charge in [-0.05, 0) is 24.8 Å². The van der Waals surface area contributed by atoms with Gasteiger partial charge in [0.15, 0.2) is 0 Å². The number of likely N-dealkylation sites (tertiary alicyclic amines) is 1. The molecular weight excluding hydrogens is 240 g/mol. The predicted molar refractivity (Wildman–Crippen MR) is 74.7 cm³/mol. The van der Waals surface area contributed by atoms with Gasteiger partial charge in [0, 0.05) is 20.2 Å². The number of amides is 1. The molecule has 19 heavy (non-hydrogen) atoms. The molecule has 1 fully saturated rings. The normalized spacial score (nSPS) is 21.2. The monoisotopic (exact) mass is 262 g/mol. The van der Waals surface area contributed by atoms with Crippen molar-refractivity contribution in [2.75, 3.05) is 20.2 Å². The zero-order valence-electron chi connectivity index (χ0n) is 11.4. The third-order valence-electron chi connectivity index (χ3n) is 3.64. The van der Waals surface area contributed by atoms with E-state index in [4.69, 9.17) is 10.5 Å². The quantitative estimate of drug-likeness (QED) is 0.887. The highest BCUT2D eigenvalue weighted by Crippen LogP contribution is 2.14. The maximum absolute atomic E-state index is 12.3. The maximum Gasteiger partial charge on any atom is 0.239 e. The van der Waals surface area contributed by atoms with Gasteiger partial charge in [0.1, 0.15) is 0 Å². The summed E-state index contributed by atoms with van der Waals surface area (Å²) in [6, 6.07) is 9.44. The first-order valence-electron chi connectivity index (χ1n) is 6.82. The Bertz CT molecular complexity index is 408. The number of rotatable bonds is 4. The van der Waals surface area contributed by atoms with Crippen LogP contribution >= 0.6 is 0 Å². The lowest BCUT2D eigenvalue weighted by molar-refractivity contribution is -0.136. The first-order chi connectivity index (χ1) is 9.20. The number of benzene rings is 1. The summed E-state index contributed by atoms with van der Waals surface area (Å²) < 4.78 is 5.33. The summed E-state index contributed by atoms with van der Waals surface area (Å²) in [6.45, 7) is 1.46. The van der Waals surface area contributed by atoms with E-state index >= 15 is 0 Å². The Kier molecular flexibility index (Phi) is 4.93. The molecule has 4 nitrogen and oxygen atoms in total. The van der Waals surface area contributed by atoms with Crippen molar-refractivity contribution in [1.82, 2.24) is 4.90 Å². The van der Waals surface area contributed by atoms with E-state index in [1.54, 1.807) is 7.11 Å². The second-order valence-electron chi connectivity index (χ2n) is 5.08. The van der Waals surface area contributed by atoms with Gasteiger partial charge >= 0.3 is 0 Å². The summed E-state index contributed by atoms with van der Waals surface area (Å²) in [5.41, 5.74) is 7.14. The number of hydrogen-bond donors (Lipinski definition) is 1. The van der Waals surface area contributed by atoms with Crippen LogP contribution in [0.4, 0.5) is 0 Å². The molecule has 0 spiro atoms. The van der Waals surface area contributed by atoms with Crippen LogP contribution in [0.3, 0.4) is 0 Å². The Labute approximate surface area is 114 Å². The van der Waals surface area contributed by atoms with Crippen LogP contribution < -0.4 is 5.73 Å². The van der Waals surface area contributed by atoms with Gasteiger partial charge in [-0.1, -0.05) is 30.3 Å². The minimum absolute atomic E-state index is 0.0330. The second-order valence-corrected chi connectivity index (χ2v) is 5.08. The minimum Gasteiger partial charge on any atom is -0.380 e. The van der Waals surface area contributed by atoms with E-state index < -0.39 is 6.04 Å². The molecule has 4 heteroatoms. The molecule has 1 saturated heterocycles. The average Bonchev–Trinajstić information content (AvgIpc) is 2.47. The summed E-state index contributed by atoms with van der Waals surface area (Å²) in [5, 5.41) is 0. The van der Waals surface area contributed by atoms with Crippen molar-refractivity contribution in [3.8, 4) is 0 Å². The Morgan fingerprint density at radius 2 is 2.21 bits per heavy atom. The Balaban J connectivity index is 1.91. The van der Waals surface area contributed by atoms with Crippen LogP contribution in [0.15, 0.2) is 30.3 Å². The molecule has 2 atom stereocenters. The molecule has 104 valence electrons. The van der Waals surface area contributed by atoms with Crippen molar-refractivity contribution in [2.45, 2.75) is 31.4 Å². The van der Waals surface area contributed by atoms with Gasteiger partial charge in [-0.3, -0.25) is 4.79 Å². The molecule has 2 N–H and O–H groups in total. The van der Waals surface area contributed by atoms with Gasteiger partial charge in [-0.15, -0.1) is 0 Å². The topological polar surface area (TPSA) is 55.6 Å². The molecule has 1 aliphatic rings. The molecule has 2 rings (SSSR count). The molecule has 2 unspecified atom stereocenters. The highest BCUT2D eigenvalue weighted by molar-refractivity contribution is 5.82. The van der Waals surface area contributed by atoms with Crippen molar-refractivity contribution < 1.29 is 9.53 Å². The van der Waals surface area contributed by atoms with Crippen molar-refractivity contribution in [1.29, 1.82) is 0 Å². The van der Waals surface area contributed by atoms with Crippen molar-refractivity contribution in [3.63, 3.8) is 0 Å². The van der Waals surface area contributed by atoms with Crippen LogP contribution in [0.25, 0.3) is 0 Å². The average molecular weight is 262 g/mol. The maximum atomic E-state index is 12.3. The summed E-state index contributed by atoms with van der Waals surface area (Å²) >= 11 is 0. The zero-order chi connectivity index (χ0) is 13.7. The number of piperidine rings is 1. The van der Waals surface area contributed by atoms with Gasteiger partial charge in [0.25, 0.3) is 0 Å². The SMILES string of the molecule is COC1CCCN(C(=O)C(N)Cc2ccccc2)C1. The largest absolute Gasteiger partial charge is 0.380 e. The zero-order valence-corrected chi connectivity index (χ0v) is 11.4. The molecule has 0 aliphatic carbocycles. The fraction of sp³-hybridized carbons (Fsp3) is 0.533. The van der Waals surface area contributed by atoms with Crippen LogP contribution in [-0.4, -0.2) is 43.2 Å².